The predicted molar refractivity (Wildman–Crippen MR) is 147 cm³/mol. The fourth-order valence-corrected chi connectivity index (χ4v) is 6.33. The number of carbonyl (C=O) groups excluding carboxylic acids is 1. The predicted octanol–water partition coefficient (Wildman–Crippen LogP) is 5.62. The van der Waals surface area contributed by atoms with Crippen LogP contribution in [0.4, 0.5) is 5.82 Å². The largest absolute Gasteiger partial charge is 0.461 e. The van der Waals surface area contributed by atoms with Crippen molar-refractivity contribution in [1.29, 1.82) is 0 Å². The molecular formula is C27H34Cl2N6O2. The minimum atomic E-state index is -0.515. The fourth-order valence-electron chi connectivity index (χ4n) is 5.76. The summed E-state index contributed by atoms with van der Waals surface area (Å²) >= 11 is 12.6. The van der Waals surface area contributed by atoms with Crippen LogP contribution in [-0.2, 0) is 4.74 Å². The van der Waals surface area contributed by atoms with Crippen molar-refractivity contribution in [3.05, 3.63) is 45.7 Å². The maximum Gasteiger partial charge on any atom is 0.361 e. The van der Waals surface area contributed by atoms with Gasteiger partial charge < -0.3 is 9.64 Å². The zero-order valence-electron chi connectivity index (χ0n) is 21.7. The molecule has 2 aromatic heterocycles. The van der Waals surface area contributed by atoms with E-state index in [1.807, 2.05) is 13.0 Å². The van der Waals surface area contributed by atoms with E-state index in [9.17, 15) is 4.79 Å². The molecule has 2 saturated heterocycles. The van der Waals surface area contributed by atoms with Gasteiger partial charge >= 0.3 is 5.97 Å². The van der Waals surface area contributed by atoms with Gasteiger partial charge in [-0.15, -0.1) is 0 Å². The van der Waals surface area contributed by atoms with Gasteiger partial charge in [-0.05, 0) is 69.8 Å². The molecule has 10 heteroatoms. The molecule has 0 saturated carbocycles. The molecule has 0 amide bonds. The van der Waals surface area contributed by atoms with Crippen molar-refractivity contribution in [2.24, 2.45) is 5.92 Å². The minimum Gasteiger partial charge on any atom is -0.461 e. The van der Waals surface area contributed by atoms with Gasteiger partial charge in [-0.2, -0.15) is 5.10 Å². The molecule has 0 N–H and O–H groups in total. The molecular weight excluding hydrogens is 511 g/mol. The van der Waals surface area contributed by atoms with E-state index in [1.54, 1.807) is 29.9 Å². The second-order valence-corrected chi connectivity index (χ2v) is 11.0. The first-order valence-corrected chi connectivity index (χ1v) is 14.0. The first-order valence-electron chi connectivity index (χ1n) is 13.2. The van der Waals surface area contributed by atoms with E-state index in [-0.39, 0.29) is 18.3 Å². The summed E-state index contributed by atoms with van der Waals surface area (Å²) in [6.07, 6.45) is 6.81. The summed E-state index contributed by atoms with van der Waals surface area (Å²) in [7, 11) is 0. The van der Waals surface area contributed by atoms with Crippen LogP contribution in [-0.4, -0.2) is 69.4 Å². The van der Waals surface area contributed by atoms with E-state index in [4.69, 9.17) is 32.9 Å². The molecule has 2 aliphatic heterocycles. The number of piperidine rings is 2. The number of carbonyl (C=O) groups is 1. The van der Waals surface area contributed by atoms with Crippen molar-refractivity contribution in [2.75, 3.05) is 37.7 Å². The van der Waals surface area contributed by atoms with E-state index in [0.717, 1.165) is 30.9 Å². The summed E-state index contributed by atoms with van der Waals surface area (Å²) in [5.41, 5.74) is 1.94. The number of rotatable bonds is 6. The summed E-state index contributed by atoms with van der Waals surface area (Å²) in [6, 6.07) is 5.68. The van der Waals surface area contributed by atoms with E-state index in [0.29, 0.717) is 33.2 Å². The van der Waals surface area contributed by atoms with E-state index in [1.165, 1.54) is 32.4 Å². The maximum atomic E-state index is 12.7. The maximum absolute atomic E-state index is 12.7. The van der Waals surface area contributed by atoms with Crippen LogP contribution in [0.3, 0.4) is 0 Å². The lowest BCUT2D eigenvalue weighted by Gasteiger charge is -2.44. The zero-order valence-corrected chi connectivity index (χ0v) is 23.2. The van der Waals surface area contributed by atoms with Gasteiger partial charge in [0, 0.05) is 29.2 Å². The van der Waals surface area contributed by atoms with Crippen molar-refractivity contribution < 1.29 is 9.53 Å². The molecule has 3 aromatic rings. The third-order valence-electron chi connectivity index (χ3n) is 7.68. The number of esters is 1. The normalized spacial score (nSPS) is 21.8. The number of aromatic nitrogens is 4. The summed E-state index contributed by atoms with van der Waals surface area (Å²) < 4.78 is 6.98. The fraction of sp³-hybridized carbons (Fsp3) is 0.556. The Kier molecular flexibility index (Phi) is 7.88. The van der Waals surface area contributed by atoms with E-state index in [2.05, 4.69) is 26.8 Å². The second-order valence-electron chi connectivity index (χ2n) is 10.1. The summed E-state index contributed by atoms with van der Waals surface area (Å²) in [5.74, 6) is 0.803. The van der Waals surface area contributed by atoms with Crippen LogP contribution in [0, 0.1) is 5.92 Å². The monoisotopic (exact) mass is 544 g/mol. The topological polar surface area (TPSA) is 76.4 Å². The zero-order chi connectivity index (χ0) is 26.1. The third kappa shape index (κ3) is 5.29. The Hall–Kier alpha value is -2.42. The highest BCUT2D eigenvalue weighted by Crippen LogP contribution is 2.32. The number of fused-ring (bicyclic) bond motifs is 1. The number of hydrogen-bond donors (Lipinski definition) is 0. The average molecular weight is 546 g/mol. The van der Waals surface area contributed by atoms with Crippen LogP contribution >= 0.6 is 23.2 Å². The molecule has 2 aliphatic rings. The molecule has 8 nitrogen and oxygen atoms in total. The molecule has 37 heavy (non-hydrogen) atoms. The first-order chi connectivity index (χ1) is 17.9. The van der Waals surface area contributed by atoms with Crippen LogP contribution in [0.2, 0.25) is 10.0 Å². The number of ether oxygens (including phenoxy) is 1. The van der Waals surface area contributed by atoms with Gasteiger partial charge in [0.2, 0.25) is 0 Å². The van der Waals surface area contributed by atoms with Crippen LogP contribution < -0.4 is 4.90 Å². The van der Waals surface area contributed by atoms with Gasteiger partial charge in [-0.3, -0.25) is 4.90 Å². The van der Waals surface area contributed by atoms with Crippen LogP contribution in [0.5, 0.6) is 0 Å². The van der Waals surface area contributed by atoms with Crippen molar-refractivity contribution in [3.63, 3.8) is 0 Å². The Morgan fingerprint density at radius 1 is 1.19 bits per heavy atom. The Labute approximate surface area is 227 Å². The molecule has 1 aromatic carbocycles. The van der Waals surface area contributed by atoms with Crippen molar-refractivity contribution in [1.82, 2.24) is 24.6 Å². The molecule has 0 aliphatic carbocycles. The van der Waals surface area contributed by atoms with Gasteiger partial charge in [0.05, 0.1) is 18.8 Å². The van der Waals surface area contributed by atoms with Gasteiger partial charge in [0.25, 0.3) is 0 Å². The Balaban J connectivity index is 1.48. The Morgan fingerprint density at radius 3 is 2.68 bits per heavy atom. The lowest BCUT2D eigenvalue weighted by molar-refractivity contribution is 0.0520. The molecule has 5 rings (SSSR count). The van der Waals surface area contributed by atoms with Crippen molar-refractivity contribution in [2.45, 2.75) is 58.5 Å². The number of anilines is 1. The SMILES string of the molecule is CCOC(=O)c1nn(C(C)c2ccc(Cl)cc2Cl)c2nc(N3CCC(N4CCCCC4)C(C)C3)cnc12. The van der Waals surface area contributed by atoms with E-state index < -0.39 is 5.97 Å². The quantitative estimate of drug-likeness (QED) is 0.372. The number of likely N-dealkylation sites (tertiary alicyclic amines) is 1. The Bertz CT molecular complexity index is 1280. The van der Waals surface area contributed by atoms with Gasteiger partial charge in [0.1, 0.15) is 11.3 Å². The molecule has 0 bridgehead atoms. The number of benzene rings is 1. The smallest absolute Gasteiger partial charge is 0.361 e. The lowest BCUT2D eigenvalue weighted by atomic mass is 9.91. The molecule has 3 atom stereocenters. The highest BCUT2D eigenvalue weighted by Gasteiger charge is 2.32. The van der Waals surface area contributed by atoms with Gasteiger partial charge in [-0.1, -0.05) is 42.6 Å². The van der Waals surface area contributed by atoms with Crippen molar-refractivity contribution in [3.8, 4) is 0 Å². The highest BCUT2D eigenvalue weighted by atomic mass is 35.5. The summed E-state index contributed by atoms with van der Waals surface area (Å²) in [4.78, 5) is 27.4. The van der Waals surface area contributed by atoms with Crippen LogP contribution in [0.1, 0.15) is 68.5 Å². The molecule has 4 heterocycles. The first kappa shape index (κ1) is 26.2. The molecule has 198 valence electrons. The van der Waals surface area contributed by atoms with Crippen LogP contribution in [0.15, 0.2) is 24.4 Å². The molecule has 2 fully saturated rings. The Morgan fingerprint density at radius 2 is 1.97 bits per heavy atom. The average Bonchev–Trinajstić information content (AvgIpc) is 3.28. The summed E-state index contributed by atoms with van der Waals surface area (Å²) in [5, 5.41) is 5.71. The molecule has 0 spiro atoms. The number of nitrogens with zero attached hydrogens (tertiary/aromatic N) is 6. The standard InChI is InChI=1S/C27H34Cl2N6O2/c1-4-37-27(36)25-24-26(35(32-25)18(3)20-9-8-19(28)14-21(20)29)31-23(15-30-24)34-13-10-22(17(2)16-34)33-11-6-5-7-12-33/h8-9,14-15,17-18,22H,4-7,10-13,16H2,1-3H3. The van der Waals surface area contributed by atoms with Crippen molar-refractivity contribution >= 4 is 46.2 Å². The number of hydrogen-bond acceptors (Lipinski definition) is 7. The number of halogens is 2. The molecule has 3 unspecified atom stereocenters. The minimum absolute atomic E-state index is 0.157. The highest BCUT2D eigenvalue weighted by molar-refractivity contribution is 6.35. The lowest BCUT2D eigenvalue weighted by Crippen LogP contribution is -2.51. The van der Waals surface area contributed by atoms with Gasteiger partial charge in [0.15, 0.2) is 11.3 Å². The van der Waals surface area contributed by atoms with E-state index >= 15 is 0 Å². The summed E-state index contributed by atoms with van der Waals surface area (Å²) in [6.45, 7) is 10.6. The third-order valence-corrected chi connectivity index (χ3v) is 8.24. The molecule has 0 radical (unpaired) electrons. The van der Waals surface area contributed by atoms with Crippen LogP contribution in [0.25, 0.3) is 11.2 Å². The van der Waals surface area contributed by atoms with Gasteiger partial charge in [-0.25, -0.2) is 19.4 Å². The second kappa shape index (κ2) is 11.1.